The number of nitrogens with two attached hydrogens (primary N) is 3. The molecule has 2 saturated carbocycles. The molecule has 12 rings (SSSR count). The van der Waals surface area contributed by atoms with Gasteiger partial charge in [0.2, 0.25) is 0 Å². The number of carboxylic acid groups (broad SMARTS) is 1. The maximum atomic E-state index is 11.9. The van der Waals surface area contributed by atoms with Crippen LogP contribution < -0.4 is 26.7 Å². The van der Waals surface area contributed by atoms with Crippen molar-refractivity contribution in [3.8, 4) is 45.3 Å². The lowest BCUT2D eigenvalue weighted by atomic mass is 9.89. The Hall–Kier alpha value is -7.61. The van der Waals surface area contributed by atoms with E-state index >= 15 is 0 Å². The van der Waals surface area contributed by atoms with Gasteiger partial charge in [-0.3, -0.25) is 4.90 Å². The summed E-state index contributed by atoms with van der Waals surface area (Å²) >= 11 is 0. The number of aromatic nitrogens is 6. The Morgan fingerprint density at radius 2 is 0.961 bits per heavy atom. The van der Waals surface area contributed by atoms with Crippen LogP contribution in [-0.4, -0.2) is 101 Å². The summed E-state index contributed by atoms with van der Waals surface area (Å²) < 4.78 is 41.0. The molecule has 2 saturated heterocycles. The van der Waals surface area contributed by atoms with Crippen LogP contribution in [0.2, 0.25) is 0 Å². The van der Waals surface area contributed by atoms with Crippen LogP contribution in [-0.2, 0) is 18.9 Å². The summed E-state index contributed by atoms with van der Waals surface area (Å²) in [7, 11) is 0. The Kier molecular flexibility index (Phi) is 14.3. The van der Waals surface area contributed by atoms with Crippen molar-refractivity contribution >= 4 is 39.8 Å². The molecule has 0 radical (unpaired) electrons. The summed E-state index contributed by atoms with van der Waals surface area (Å²) in [6.45, 7) is 7.39. The summed E-state index contributed by atoms with van der Waals surface area (Å²) in [5, 5.41) is 11.5. The van der Waals surface area contributed by atoms with Crippen molar-refractivity contribution in [1.29, 1.82) is 0 Å². The third kappa shape index (κ3) is 10.9. The SMILES string of the molecule is CC(C)(C)N(C(=O)O)C1COC2(CCC(n3cc(-c4ccc(Oc5ccccc5)cc4)c4c(N)ncnc43)CC2)OC1.Nc1ncnc2c1c(-c1ccc(Oc3ccccc3)cc1)cn2C1CCC2(CC1)OCC(N)CO2. The molecule has 18 heteroatoms. The van der Waals surface area contributed by atoms with E-state index in [1.54, 1.807) is 0 Å². The average Bonchev–Trinajstić information content (AvgIpc) is 4.05. The number of anilines is 2. The van der Waals surface area contributed by atoms with Gasteiger partial charge in [0.15, 0.2) is 11.6 Å². The molecule has 2 spiro atoms. The Labute approximate surface area is 447 Å². The van der Waals surface area contributed by atoms with Gasteiger partial charge in [-0.2, -0.15) is 0 Å². The van der Waals surface area contributed by atoms with Crippen LogP contribution in [0.3, 0.4) is 0 Å². The summed E-state index contributed by atoms with van der Waals surface area (Å²) in [6.07, 6.45) is 12.9. The van der Waals surface area contributed by atoms with Crippen molar-refractivity contribution in [3.05, 3.63) is 134 Å². The first-order valence-electron chi connectivity index (χ1n) is 26.5. The third-order valence-electron chi connectivity index (χ3n) is 15.3. The molecule has 2 aliphatic carbocycles. The summed E-state index contributed by atoms with van der Waals surface area (Å²) in [4.78, 5) is 31.2. The Bertz CT molecular complexity index is 3290. The second-order valence-corrected chi connectivity index (χ2v) is 21.5. The zero-order chi connectivity index (χ0) is 53.3. The number of fused-ring (bicyclic) bond motifs is 2. The Morgan fingerprint density at radius 3 is 1.34 bits per heavy atom. The van der Waals surface area contributed by atoms with Crippen LogP contribution in [0.15, 0.2) is 134 Å². The van der Waals surface area contributed by atoms with Crippen LogP contribution in [0.1, 0.15) is 84.2 Å². The maximum Gasteiger partial charge on any atom is 0.408 e. The van der Waals surface area contributed by atoms with Crippen LogP contribution in [0.25, 0.3) is 44.3 Å². The molecule has 8 aromatic rings. The highest BCUT2D eigenvalue weighted by atomic mass is 16.7. The smallest absolute Gasteiger partial charge is 0.408 e. The standard InChI is InChI=1S/C32H37N5O5.C27H29N5O3/c1-31(2,3)37(30(38)39)23-18-40-32(41-19-23)15-13-22(14-16-32)36-17-26(27-28(33)34-20-35-29(27)36)21-9-11-25(12-10-21)42-24-7-5-4-6-8-24;28-19-15-33-27(34-16-19)12-10-20(11-13-27)32-14-23(24-25(29)30-17-31-26(24)32)18-6-8-22(9-7-18)35-21-4-2-1-3-5-21/h4-12,17,20,22-23H,13-16,18-19H2,1-3H3,(H,38,39)(H2,33,34,35);1-9,14,17,19-20H,10-13,15-16,28H2,(H2,29,30,31). The Morgan fingerprint density at radius 1 is 0.584 bits per heavy atom. The molecule has 400 valence electrons. The van der Waals surface area contributed by atoms with Crippen molar-refractivity contribution in [3.63, 3.8) is 0 Å². The third-order valence-corrected chi connectivity index (χ3v) is 15.3. The van der Waals surface area contributed by atoms with Crippen molar-refractivity contribution < 1.29 is 38.3 Å². The fourth-order valence-corrected chi connectivity index (χ4v) is 11.4. The second kappa shape index (κ2) is 21.4. The molecular weight excluding hydrogens is 977 g/mol. The first-order chi connectivity index (χ1) is 37.2. The molecule has 4 aliphatic rings. The van der Waals surface area contributed by atoms with Crippen molar-refractivity contribution in [2.45, 2.75) is 113 Å². The van der Waals surface area contributed by atoms with Crippen LogP contribution in [0.4, 0.5) is 16.4 Å². The molecule has 2 aliphatic heterocycles. The second-order valence-electron chi connectivity index (χ2n) is 21.5. The minimum atomic E-state index is -0.964. The lowest BCUT2D eigenvalue weighted by Gasteiger charge is -2.48. The van der Waals surface area contributed by atoms with E-state index in [0.29, 0.717) is 50.9 Å². The number of hydrogen-bond acceptors (Lipinski definition) is 14. The number of carbonyl (C=O) groups is 1. The highest BCUT2D eigenvalue weighted by Crippen LogP contribution is 2.46. The summed E-state index contributed by atoms with van der Waals surface area (Å²) in [5.74, 6) is 2.84. The number of hydrogen-bond donors (Lipinski definition) is 4. The van der Waals surface area contributed by atoms with Gasteiger partial charge in [0.1, 0.15) is 58.6 Å². The van der Waals surface area contributed by atoms with Crippen molar-refractivity contribution in [1.82, 2.24) is 34.0 Å². The molecule has 0 unspecified atom stereocenters. The molecular formula is C59H66N10O8. The predicted molar refractivity (Wildman–Crippen MR) is 293 cm³/mol. The lowest BCUT2D eigenvalue weighted by molar-refractivity contribution is -0.298. The van der Waals surface area contributed by atoms with Gasteiger partial charge < -0.3 is 59.9 Å². The zero-order valence-electron chi connectivity index (χ0n) is 43.7. The maximum absolute atomic E-state index is 11.9. The van der Waals surface area contributed by atoms with Gasteiger partial charge in [0.05, 0.1) is 49.3 Å². The molecule has 0 atom stereocenters. The minimum absolute atomic E-state index is 0.0431. The largest absolute Gasteiger partial charge is 0.465 e. The van der Waals surface area contributed by atoms with Gasteiger partial charge in [-0.15, -0.1) is 0 Å². The van der Waals surface area contributed by atoms with Gasteiger partial charge in [0.25, 0.3) is 0 Å². The normalized spacial score (nSPS) is 23.6. The monoisotopic (exact) mass is 1040 g/mol. The van der Waals surface area contributed by atoms with E-state index in [-0.39, 0.29) is 24.2 Å². The van der Waals surface area contributed by atoms with E-state index in [1.165, 1.54) is 17.6 Å². The molecule has 7 N–H and O–H groups in total. The average molecular weight is 1040 g/mol. The van der Waals surface area contributed by atoms with E-state index in [1.807, 2.05) is 130 Å². The number of nitrogens with zero attached hydrogens (tertiary/aromatic N) is 7. The molecule has 77 heavy (non-hydrogen) atoms. The van der Waals surface area contributed by atoms with Gasteiger partial charge in [-0.1, -0.05) is 60.7 Å². The molecule has 4 aromatic heterocycles. The van der Waals surface area contributed by atoms with E-state index in [2.05, 4.69) is 41.5 Å². The predicted octanol–water partition coefficient (Wildman–Crippen LogP) is 11.1. The number of ether oxygens (including phenoxy) is 6. The quantitative estimate of drug-likeness (QED) is 0.105. The number of amides is 1. The zero-order valence-corrected chi connectivity index (χ0v) is 43.7. The van der Waals surface area contributed by atoms with Crippen LogP contribution >= 0.6 is 0 Å². The van der Waals surface area contributed by atoms with Crippen molar-refractivity contribution in [2.24, 2.45) is 5.73 Å². The Balaban J connectivity index is 0.000000166. The van der Waals surface area contributed by atoms with E-state index in [0.717, 1.165) is 106 Å². The first kappa shape index (κ1) is 51.5. The number of para-hydroxylation sites is 2. The highest BCUT2D eigenvalue weighted by Gasteiger charge is 2.46. The number of rotatable bonds is 9. The molecule has 6 heterocycles. The molecule has 0 bridgehead atoms. The van der Waals surface area contributed by atoms with Gasteiger partial charge in [-0.05, 0) is 106 Å². The molecule has 4 aromatic carbocycles. The van der Waals surface area contributed by atoms with E-state index in [4.69, 9.17) is 45.6 Å². The number of benzene rings is 4. The number of nitrogen functional groups attached to an aromatic ring is 2. The van der Waals surface area contributed by atoms with Gasteiger partial charge >= 0.3 is 6.09 Å². The van der Waals surface area contributed by atoms with Crippen molar-refractivity contribution in [2.75, 3.05) is 37.9 Å². The molecule has 4 fully saturated rings. The highest BCUT2D eigenvalue weighted by molar-refractivity contribution is 6.01. The van der Waals surface area contributed by atoms with Crippen LogP contribution in [0.5, 0.6) is 23.0 Å². The van der Waals surface area contributed by atoms with E-state index < -0.39 is 23.2 Å². The summed E-state index contributed by atoms with van der Waals surface area (Å²) in [5.41, 5.74) is 23.8. The topological polar surface area (TPSA) is 235 Å². The fourth-order valence-electron chi connectivity index (χ4n) is 11.4. The van der Waals surface area contributed by atoms with Crippen LogP contribution in [0, 0.1) is 0 Å². The van der Waals surface area contributed by atoms with Gasteiger partial charge in [-0.25, -0.2) is 24.7 Å². The molecule has 1 amide bonds. The summed E-state index contributed by atoms with van der Waals surface area (Å²) in [6, 6.07) is 35.5. The first-order valence-corrected chi connectivity index (χ1v) is 26.5. The van der Waals surface area contributed by atoms with Gasteiger partial charge in [0, 0.05) is 66.8 Å². The fraction of sp³-hybridized carbons (Fsp3) is 0.373. The van der Waals surface area contributed by atoms with E-state index in [9.17, 15) is 9.90 Å². The molecule has 18 nitrogen and oxygen atoms in total. The minimum Gasteiger partial charge on any atom is -0.465 e. The lowest BCUT2D eigenvalue weighted by Crippen LogP contribution is -2.59.